The van der Waals surface area contributed by atoms with Crippen LogP contribution in [0.1, 0.15) is 82.2 Å². The third-order valence-electron chi connectivity index (χ3n) is 6.58. The zero-order valence-corrected chi connectivity index (χ0v) is 21.3. The van der Waals surface area contributed by atoms with E-state index in [4.69, 9.17) is 9.52 Å². The van der Waals surface area contributed by atoms with E-state index in [0.717, 1.165) is 37.1 Å². The minimum absolute atomic E-state index is 0.0274. The molecule has 1 aliphatic carbocycles. The fourth-order valence-electron chi connectivity index (χ4n) is 5.27. The van der Waals surface area contributed by atoms with Gasteiger partial charge in [0.2, 0.25) is 5.89 Å². The Morgan fingerprint density at radius 2 is 2.03 bits per heavy atom. The van der Waals surface area contributed by atoms with Crippen molar-refractivity contribution < 1.29 is 9.21 Å². The summed E-state index contributed by atoms with van der Waals surface area (Å²) in [6.45, 7) is 13.0. The predicted molar refractivity (Wildman–Crippen MR) is 133 cm³/mol. The number of benzene rings is 1. The topological polar surface area (TPSA) is 85.8 Å². The number of hydrogen-bond acceptors (Lipinski definition) is 5. The molecule has 0 radical (unpaired) electrons. The van der Waals surface area contributed by atoms with Gasteiger partial charge in [0.15, 0.2) is 0 Å². The fraction of sp³-hybridized carbons (Fsp3) is 0.556. The van der Waals surface area contributed by atoms with Gasteiger partial charge in [-0.05, 0) is 73.6 Å². The molecule has 0 bridgehead atoms. The van der Waals surface area contributed by atoms with Crippen LogP contribution in [0.5, 0.6) is 0 Å². The Kier molecular flexibility index (Phi) is 6.91. The van der Waals surface area contributed by atoms with Crippen molar-refractivity contribution in [2.24, 2.45) is 17.3 Å². The lowest BCUT2D eigenvalue weighted by Crippen LogP contribution is -2.43. The molecular weight excluding hydrogens is 426 g/mol. The van der Waals surface area contributed by atoms with Gasteiger partial charge in [-0.25, -0.2) is 4.68 Å². The molecule has 4 rings (SSSR count). The molecule has 0 saturated heterocycles. The van der Waals surface area contributed by atoms with Crippen LogP contribution in [0, 0.1) is 24.2 Å². The molecule has 2 heterocycles. The number of carbonyl (C=O) groups is 1. The monoisotopic (exact) mass is 463 g/mol. The third kappa shape index (κ3) is 5.75. The zero-order chi connectivity index (χ0) is 24.5. The molecule has 34 heavy (non-hydrogen) atoms. The molecule has 7 nitrogen and oxygen atoms in total. The number of rotatable bonds is 7. The summed E-state index contributed by atoms with van der Waals surface area (Å²) in [6.07, 6.45) is 5.14. The van der Waals surface area contributed by atoms with Crippen LogP contribution in [0.2, 0.25) is 0 Å². The van der Waals surface area contributed by atoms with E-state index >= 15 is 0 Å². The highest BCUT2D eigenvalue weighted by Crippen LogP contribution is 2.38. The lowest BCUT2D eigenvalue weighted by molar-refractivity contribution is 0.0874. The maximum absolute atomic E-state index is 13.2. The molecule has 1 aliphatic rings. The van der Waals surface area contributed by atoms with Gasteiger partial charge in [-0.2, -0.15) is 5.10 Å². The van der Waals surface area contributed by atoms with Crippen molar-refractivity contribution in [3.8, 4) is 17.3 Å². The van der Waals surface area contributed by atoms with Gasteiger partial charge in [0.1, 0.15) is 5.69 Å². The van der Waals surface area contributed by atoms with E-state index in [-0.39, 0.29) is 17.4 Å². The summed E-state index contributed by atoms with van der Waals surface area (Å²) in [5.41, 5.74) is 3.45. The molecule has 3 aromatic rings. The highest BCUT2D eigenvalue weighted by atomic mass is 16.4. The van der Waals surface area contributed by atoms with Crippen LogP contribution in [0.15, 0.2) is 34.7 Å². The Bertz CT molecular complexity index is 1140. The number of hydrogen-bond donors (Lipinski definition) is 1. The van der Waals surface area contributed by atoms with E-state index in [1.807, 2.05) is 35.0 Å². The lowest BCUT2D eigenvalue weighted by Gasteiger charge is -2.39. The highest BCUT2D eigenvalue weighted by molar-refractivity contribution is 5.95. The van der Waals surface area contributed by atoms with Gasteiger partial charge >= 0.3 is 0 Å². The SMILES string of the molecule is Cc1nnc(-c2cc(CCC(C)C)n(-c3cccc(C(=O)N[C@H]4C[C@H](C)CC(C)(C)C4)c3)n2)o1. The van der Waals surface area contributed by atoms with Crippen LogP contribution in [0.4, 0.5) is 0 Å². The first-order chi connectivity index (χ1) is 16.1. The number of amides is 1. The van der Waals surface area contributed by atoms with Gasteiger partial charge in [0.05, 0.1) is 5.69 Å². The van der Waals surface area contributed by atoms with Crippen LogP contribution < -0.4 is 5.32 Å². The average Bonchev–Trinajstić information content (AvgIpc) is 3.37. The van der Waals surface area contributed by atoms with Crippen molar-refractivity contribution >= 4 is 5.91 Å². The van der Waals surface area contributed by atoms with Crippen LogP contribution in [-0.4, -0.2) is 31.9 Å². The van der Waals surface area contributed by atoms with E-state index in [2.05, 4.69) is 50.1 Å². The smallest absolute Gasteiger partial charge is 0.268 e. The van der Waals surface area contributed by atoms with Crippen LogP contribution in [0.25, 0.3) is 17.3 Å². The first kappa shape index (κ1) is 24.2. The van der Waals surface area contributed by atoms with Crippen LogP contribution in [0.3, 0.4) is 0 Å². The number of carbonyl (C=O) groups excluding carboxylic acids is 1. The minimum Gasteiger partial charge on any atom is -0.420 e. The van der Waals surface area contributed by atoms with E-state index in [1.54, 1.807) is 6.92 Å². The molecule has 2 aromatic heterocycles. The molecular formula is C27H37N5O2. The Morgan fingerprint density at radius 1 is 1.24 bits per heavy atom. The second-order valence-corrected chi connectivity index (χ2v) is 11.1. The molecule has 1 aromatic carbocycles. The van der Waals surface area contributed by atoms with E-state index in [1.165, 1.54) is 6.42 Å². The summed E-state index contributed by atoms with van der Waals surface area (Å²) in [4.78, 5) is 13.2. The zero-order valence-electron chi connectivity index (χ0n) is 21.3. The number of aromatic nitrogens is 4. The van der Waals surface area contributed by atoms with Crippen LogP contribution in [-0.2, 0) is 6.42 Å². The highest BCUT2D eigenvalue weighted by Gasteiger charge is 2.32. The molecule has 2 atom stereocenters. The van der Waals surface area contributed by atoms with Gasteiger partial charge < -0.3 is 9.73 Å². The van der Waals surface area contributed by atoms with E-state index < -0.39 is 0 Å². The molecule has 0 unspecified atom stereocenters. The molecule has 7 heteroatoms. The summed E-state index contributed by atoms with van der Waals surface area (Å²) in [6, 6.07) is 9.90. The predicted octanol–water partition coefficient (Wildman–Crippen LogP) is 5.76. The second-order valence-electron chi connectivity index (χ2n) is 11.1. The van der Waals surface area contributed by atoms with Gasteiger partial charge in [0.25, 0.3) is 11.8 Å². The summed E-state index contributed by atoms with van der Waals surface area (Å²) in [5.74, 6) is 2.06. The lowest BCUT2D eigenvalue weighted by atomic mass is 9.70. The quantitative estimate of drug-likeness (QED) is 0.481. The molecule has 1 amide bonds. The summed E-state index contributed by atoms with van der Waals surface area (Å²) < 4.78 is 7.51. The number of aryl methyl sites for hydroxylation is 2. The Hall–Kier alpha value is -2.96. The van der Waals surface area contributed by atoms with Crippen molar-refractivity contribution in [3.63, 3.8) is 0 Å². The first-order valence-electron chi connectivity index (χ1n) is 12.4. The van der Waals surface area contributed by atoms with E-state index in [9.17, 15) is 4.79 Å². The van der Waals surface area contributed by atoms with Gasteiger partial charge in [0, 0.05) is 24.2 Å². The largest absolute Gasteiger partial charge is 0.420 e. The molecule has 0 spiro atoms. The fourth-order valence-corrected chi connectivity index (χ4v) is 5.27. The van der Waals surface area contributed by atoms with Crippen molar-refractivity contribution in [1.82, 2.24) is 25.3 Å². The Labute approximate surface area is 202 Å². The normalized spacial score (nSPS) is 20.0. The Morgan fingerprint density at radius 3 is 2.71 bits per heavy atom. The molecule has 1 saturated carbocycles. The van der Waals surface area contributed by atoms with Gasteiger partial charge in [-0.3, -0.25) is 4.79 Å². The minimum atomic E-state index is -0.0274. The summed E-state index contributed by atoms with van der Waals surface area (Å²) in [5, 5.41) is 16.1. The maximum atomic E-state index is 13.2. The molecule has 1 fully saturated rings. The third-order valence-corrected chi connectivity index (χ3v) is 6.58. The van der Waals surface area contributed by atoms with E-state index in [0.29, 0.717) is 34.9 Å². The summed E-state index contributed by atoms with van der Waals surface area (Å²) in [7, 11) is 0. The maximum Gasteiger partial charge on any atom is 0.268 e. The van der Waals surface area contributed by atoms with Crippen molar-refractivity contribution in [2.45, 2.75) is 79.7 Å². The molecule has 0 aliphatic heterocycles. The summed E-state index contributed by atoms with van der Waals surface area (Å²) >= 11 is 0. The van der Waals surface area contributed by atoms with Crippen molar-refractivity contribution in [2.75, 3.05) is 0 Å². The van der Waals surface area contributed by atoms with Gasteiger partial charge in [-0.1, -0.05) is 40.7 Å². The van der Waals surface area contributed by atoms with Gasteiger partial charge in [-0.15, -0.1) is 10.2 Å². The van der Waals surface area contributed by atoms with Crippen LogP contribution >= 0.6 is 0 Å². The second kappa shape index (κ2) is 9.72. The Balaban J connectivity index is 1.59. The standard InChI is InChI=1S/C27H37N5O2/c1-17(2)10-11-23-14-24(26-30-29-19(4)34-26)31-32(23)22-9-7-8-20(13-22)25(33)28-21-12-18(3)15-27(5,6)16-21/h7-9,13-14,17-18,21H,10-12,15-16H2,1-6H3,(H,28,33)/t18-,21-/m0/s1. The molecule has 182 valence electrons. The molecule has 1 N–H and O–H groups in total. The van der Waals surface area contributed by atoms with Crippen molar-refractivity contribution in [1.29, 1.82) is 0 Å². The average molecular weight is 464 g/mol. The first-order valence-corrected chi connectivity index (χ1v) is 12.4. The number of nitrogens with zero attached hydrogens (tertiary/aromatic N) is 4. The van der Waals surface area contributed by atoms with Crippen molar-refractivity contribution in [3.05, 3.63) is 47.5 Å². The number of nitrogens with one attached hydrogen (secondary N) is 1.